The first-order valence-electron chi connectivity index (χ1n) is 7.94. The second-order valence-electron chi connectivity index (χ2n) is 6.54. The van der Waals surface area contributed by atoms with Gasteiger partial charge >= 0.3 is 0 Å². The van der Waals surface area contributed by atoms with Crippen LogP contribution in [-0.2, 0) is 0 Å². The molecule has 4 rings (SSSR count). The smallest absolute Gasteiger partial charge is 0.0568 e. The fourth-order valence-electron chi connectivity index (χ4n) is 4.18. The third kappa shape index (κ3) is 2.07. The van der Waals surface area contributed by atoms with Gasteiger partial charge in [-0.2, -0.15) is 0 Å². The van der Waals surface area contributed by atoms with Crippen molar-refractivity contribution < 1.29 is 0 Å². The molecular formula is C20H20ClN. The molecule has 3 atom stereocenters. The van der Waals surface area contributed by atoms with Crippen LogP contribution in [0.2, 0.25) is 5.02 Å². The van der Waals surface area contributed by atoms with Gasteiger partial charge in [0.1, 0.15) is 0 Å². The Hall–Kier alpha value is -1.73. The van der Waals surface area contributed by atoms with E-state index in [1.165, 1.54) is 27.9 Å². The summed E-state index contributed by atoms with van der Waals surface area (Å²) in [6.07, 6.45) is 5.83. The van der Waals surface area contributed by atoms with Gasteiger partial charge in [0.15, 0.2) is 0 Å². The fourth-order valence-corrected chi connectivity index (χ4v) is 4.43. The van der Waals surface area contributed by atoms with Gasteiger partial charge in [0, 0.05) is 16.6 Å². The van der Waals surface area contributed by atoms with Crippen LogP contribution in [0, 0.1) is 19.8 Å². The summed E-state index contributed by atoms with van der Waals surface area (Å²) in [7, 11) is 0. The fraction of sp³-hybridized carbons (Fsp3) is 0.300. The van der Waals surface area contributed by atoms with Gasteiger partial charge in [0.05, 0.1) is 6.04 Å². The van der Waals surface area contributed by atoms with Crippen molar-refractivity contribution in [1.29, 1.82) is 0 Å². The van der Waals surface area contributed by atoms with Crippen molar-refractivity contribution in [3.05, 3.63) is 75.8 Å². The van der Waals surface area contributed by atoms with Crippen LogP contribution in [0.15, 0.2) is 48.6 Å². The van der Waals surface area contributed by atoms with Gasteiger partial charge in [0.2, 0.25) is 0 Å². The maximum absolute atomic E-state index is 6.48. The van der Waals surface area contributed by atoms with Crippen LogP contribution in [0.5, 0.6) is 0 Å². The van der Waals surface area contributed by atoms with Crippen molar-refractivity contribution in [3.8, 4) is 0 Å². The molecule has 0 bridgehead atoms. The number of benzene rings is 2. The van der Waals surface area contributed by atoms with Crippen molar-refractivity contribution in [2.24, 2.45) is 5.92 Å². The van der Waals surface area contributed by atoms with Crippen LogP contribution in [0.4, 0.5) is 5.69 Å². The summed E-state index contributed by atoms with van der Waals surface area (Å²) in [5, 5.41) is 4.64. The lowest BCUT2D eigenvalue weighted by Crippen LogP contribution is -2.29. The lowest BCUT2D eigenvalue weighted by molar-refractivity contribution is 0.424. The highest BCUT2D eigenvalue weighted by Crippen LogP contribution is 2.51. The molecule has 1 aliphatic carbocycles. The third-order valence-electron chi connectivity index (χ3n) is 5.06. The van der Waals surface area contributed by atoms with Gasteiger partial charge in [-0.25, -0.2) is 0 Å². The van der Waals surface area contributed by atoms with Crippen LogP contribution in [0.25, 0.3) is 0 Å². The summed E-state index contributed by atoms with van der Waals surface area (Å²) in [4.78, 5) is 0. The zero-order valence-electron chi connectivity index (χ0n) is 12.9. The minimum Gasteiger partial charge on any atom is -0.378 e. The van der Waals surface area contributed by atoms with Crippen molar-refractivity contribution in [1.82, 2.24) is 0 Å². The molecule has 2 aromatic rings. The molecule has 1 nitrogen and oxygen atoms in total. The summed E-state index contributed by atoms with van der Waals surface area (Å²) >= 11 is 6.48. The van der Waals surface area contributed by atoms with Gasteiger partial charge in [-0.15, -0.1) is 0 Å². The largest absolute Gasteiger partial charge is 0.378 e. The van der Waals surface area contributed by atoms with E-state index in [0.29, 0.717) is 11.8 Å². The van der Waals surface area contributed by atoms with E-state index in [-0.39, 0.29) is 6.04 Å². The molecule has 0 fully saturated rings. The van der Waals surface area contributed by atoms with Gasteiger partial charge in [-0.3, -0.25) is 0 Å². The molecule has 22 heavy (non-hydrogen) atoms. The Balaban J connectivity index is 1.86. The second kappa shape index (κ2) is 5.17. The van der Waals surface area contributed by atoms with Crippen molar-refractivity contribution in [2.75, 3.05) is 5.32 Å². The second-order valence-corrected chi connectivity index (χ2v) is 6.95. The zero-order valence-corrected chi connectivity index (χ0v) is 13.7. The molecule has 0 saturated heterocycles. The van der Waals surface area contributed by atoms with E-state index in [1.807, 2.05) is 12.1 Å². The summed E-state index contributed by atoms with van der Waals surface area (Å²) in [6.45, 7) is 4.39. The van der Waals surface area contributed by atoms with Crippen LogP contribution < -0.4 is 5.32 Å². The molecular weight excluding hydrogens is 290 g/mol. The van der Waals surface area contributed by atoms with Crippen molar-refractivity contribution in [3.63, 3.8) is 0 Å². The van der Waals surface area contributed by atoms with E-state index >= 15 is 0 Å². The molecule has 0 aromatic heterocycles. The number of nitrogens with one attached hydrogen (secondary N) is 1. The van der Waals surface area contributed by atoms with Gasteiger partial charge in [-0.1, -0.05) is 48.0 Å². The number of allylic oxidation sites excluding steroid dienone is 2. The number of hydrogen-bond acceptors (Lipinski definition) is 1. The summed E-state index contributed by atoms with van der Waals surface area (Å²) in [5.74, 6) is 1.05. The van der Waals surface area contributed by atoms with E-state index in [0.717, 1.165) is 11.4 Å². The Labute approximate surface area is 137 Å². The van der Waals surface area contributed by atoms with E-state index in [4.69, 9.17) is 11.6 Å². The Morgan fingerprint density at radius 2 is 1.95 bits per heavy atom. The first-order valence-corrected chi connectivity index (χ1v) is 8.31. The molecule has 0 saturated carbocycles. The first-order chi connectivity index (χ1) is 10.6. The van der Waals surface area contributed by atoms with Crippen molar-refractivity contribution >= 4 is 17.3 Å². The summed E-state index contributed by atoms with van der Waals surface area (Å²) in [5.41, 5.74) is 6.65. The maximum Gasteiger partial charge on any atom is 0.0568 e. The number of hydrogen-bond donors (Lipinski definition) is 1. The molecule has 0 amide bonds. The predicted molar refractivity (Wildman–Crippen MR) is 93.7 cm³/mol. The number of halogens is 1. The van der Waals surface area contributed by atoms with E-state index < -0.39 is 0 Å². The highest BCUT2D eigenvalue weighted by molar-refractivity contribution is 6.31. The number of anilines is 1. The van der Waals surface area contributed by atoms with E-state index in [1.54, 1.807) is 0 Å². The standard InChI is InChI=1S/C20H20ClN/c1-12-10-13(2)19-14-7-5-8-15(14)20(22-18(19)11-12)16-6-3-4-9-17(16)21/h3-7,9-11,14-15,20,22H,8H2,1-2H3/t14-,15+,20-/m1/s1. The Bertz CT molecular complexity index is 762. The topological polar surface area (TPSA) is 12.0 Å². The van der Waals surface area contributed by atoms with Gasteiger partial charge in [-0.05, 0) is 60.6 Å². The Morgan fingerprint density at radius 3 is 2.77 bits per heavy atom. The monoisotopic (exact) mass is 309 g/mol. The third-order valence-corrected chi connectivity index (χ3v) is 5.40. The highest BCUT2D eigenvalue weighted by atomic mass is 35.5. The minimum absolute atomic E-state index is 0.280. The Kier molecular flexibility index (Phi) is 3.27. The quantitative estimate of drug-likeness (QED) is 0.658. The molecule has 0 unspecified atom stereocenters. The highest BCUT2D eigenvalue weighted by Gasteiger charge is 2.39. The average Bonchev–Trinajstić information content (AvgIpc) is 2.95. The zero-order chi connectivity index (χ0) is 15.3. The van der Waals surface area contributed by atoms with Gasteiger partial charge < -0.3 is 5.32 Å². The molecule has 0 spiro atoms. The number of aryl methyl sites for hydroxylation is 2. The summed E-state index contributed by atoms with van der Waals surface area (Å²) in [6, 6.07) is 13.1. The van der Waals surface area contributed by atoms with E-state index in [2.05, 4.69) is 55.6 Å². The van der Waals surface area contributed by atoms with Crippen LogP contribution >= 0.6 is 11.6 Å². The molecule has 1 N–H and O–H groups in total. The van der Waals surface area contributed by atoms with E-state index in [9.17, 15) is 0 Å². The molecule has 2 aliphatic rings. The lowest BCUT2D eigenvalue weighted by atomic mass is 9.75. The molecule has 0 radical (unpaired) electrons. The minimum atomic E-state index is 0.280. The molecule has 2 heteroatoms. The molecule has 1 heterocycles. The number of fused-ring (bicyclic) bond motifs is 3. The molecule has 1 aliphatic heterocycles. The van der Waals surface area contributed by atoms with Crippen LogP contribution in [0.1, 0.15) is 40.6 Å². The molecule has 2 aromatic carbocycles. The van der Waals surface area contributed by atoms with Crippen LogP contribution in [0.3, 0.4) is 0 Å². The SMILES string of the molecule is Cc1cc(C)c2c(c1)N[C@@H](c1ccccc1Cl)[C@H]1CC=C[C@@H]21. The summed E-state index contributed by atoms with van der Waals surface area (Å²) < 4.78 is 0. The lowest BCUT2D eigenvalue weighted by Gasteiger charge is -2.39. The maximum atomic E-state index is 6.48. The van der Waals surface area contributed by atoms with Crippen LogP contribution in [-0.4, -0.2) is 0 Å². The average molecular weight is 310 g/mol. The number of rotatable bonds is 1. The first kappa shape index (κ1) is 13.9. The Morgan fingerprint density at radius 1 is 1.14 bits per heavy atom. The van der Waals surface area contributed by atoms with Crippen molar-refractivity contribution in [2.45, 2.75) is 32.2 Å². The van der Waals surface area contributed by atoms with Gasteiger partial charge in [0.25, 0.3) is 0 Å². The normalized spacial score (nSPS) is 25.5. The predicted octanol–water partition coefficient (Wildman–Crippen LogP) is 5.78. The molecule has 112 valence electrons.